The van der Waals surface area contributed by atoms with Crippen molar-refractivity contribution in [2.45, 2.75) is 32.2 Å². The van der Waals surface area contributed by atoms with Crippen LogP contribution in [0.25, 0.3) is 0 Å². The van der Waals surface area contributed by atoms with Crippen molar-refractivity contribution in [3.63, 3.8) is 0 Å². The van der Waals surface area contributed by atoms with E-state index in [9.17, 15) is 0 Å². The van der Waals surface area contributed by atoms with Crippen molar-refractivity contribution in [2.24, 2.45) is 0 Å². The van der Waals surface area contributed by atoms with Gasteiger partial charge in [-0.2, -0.15) is 0 Å². The largest absolute Gasteiger partial charge is 0.310 e. The lowest BCUT2D eigenvalue weighted by Crippen LogP contribution is -2.26. The number of aryl methyl sites for hydroxylation is 1. The molecule has 0 spiro atoms. The molecule has 0 radical (unpaired) electrons. The Hall–Kier alpha value is -0.0900. The minimum absolute atomic E-state index is 0.595. The number of rotatable bonds is 1. The maximum Gasteiger partial charge on any atom is 0.0320 e. The molecule has 1 aliphatic rings. The van der Waals surface area contributed by atoms with Crippen molar-refractivity contribution in [1.82, 2.24) is 5.32 Å². The van der Waals surface area contributed by atoms with Gasteiger partial charge >= 0.3 is 0 Å². The molecular formula is C12H16IN. The van der Waals surface area contributed by atoms with Gasteiger partial charge in [0, 0.05) is 9.61 Å². The lowest BCUT2D eigenvalue weighted by atomic mass is 9.97. The average molecular weight is 301 g/mol. The first-order valence-corrected chi connectivity index (χ1v) is 6.34. The highest BCUT2D eigenvalue weighted by molar-refractivity contribution is 14.1. The van der Waals surface area contributed by atoms with Crippen LogP contribution in [0, 0.1) is 10.5 Å². The number of halogens is 1. The number of nitrogens with one attached hydrogen (secondary N) is 1. The second-order valence-corrected chi connectivity index (χ2v) is 5.17. The molecule has 1 aromatic carbocycles. The summed E-state index contributed by atoms with van der Waals surface area (Å²) in [6.07, 6.45) is 3.99. The van der Waals surface area contributed by atoms with Crippen molar-refractivity contribution in [3.8, 4) is 0 Å². The third-order valence-electron chi connectivity index (χ3n) is 2.91. The topological polar surface area (TPSA) is 12.0 Å². The highest BCUT2D eigenvalue weighted by atomic mass is 127. The monoisotopic (exact) mass is 301 g/mol. The van der Waals surface area contributed by atoms with Crippen molar-refractivity contribution < 1.29 is 0 Å². The third-order valence-corrected chi connectivity index (χ3v) is 4.07. The molecule has 0 amide bonds. The van der Waals surface area contributed by atoms with Crippen molar-refractivity contribution in [2.75, 3.05) is 6.54 Å². The summed E-state index contributed by atoms with van der Waals surface area (Å²) >= 11 is 2.42. The van der Waals surface area contributed by atoms with Gasteiger partial charge in [-0.1, -0.05) is 18.6 Å². The lowest BCUT2D eigenvalue weighted by molar-refractivity contribution is 0.412. The lowest BCUT2D eigenvalue weighted by Gasteiger charge is -2.24. The molecule has 1 N–H and O–H groups in total. The first-order chi connectivity index (χ1) is 6.77. The normalized spacial score (nSPS) is 22.3. The third kappa shape index (κ3) is 2.28. The Morgan fingerprint density at radius 3 is 2.86 bits per heavy atom. The molecule has 1 atom stereocenters. The summed E-state index contributed by atoms with van der Waals surface area (Å²) in [6.45, 7) is 3.34. The fraction of sp³-hybridized carbons (Fsp3) is 0.500. The molecule has 0 aliphatic carbocycles. The maximum absolute atomic E-state index is 3.58. The van der Waals surface area contributed by atoms with Crippen LogP contribution < -0.4 is 5.32 Å². The number of benzene rings is 1. The van der Waals surface area contributed by atoms with E-state index in [4.69, 9.17) is 0 Å². The standard InChI is InChI=1S/C12H16IN/c1-9-5-6-10(8-11(9)13)12-4-2-3-7-14-12/h5-6,8,12,14H,2-4,7H2,1H3/t12-/m0/s1. The van der Waals surface area contributed by atoms with Gasteiger partial charge in [0.1, 0.15) is 0 Å². The van der Waals surface area contributed by atoms with Crippen LogP contribution in [0.4, 0.5) is 0 Å². The van der Waals surface area contributed by atoms with Crippen LogP contribution in [0.1, 0.15) is 36.4 Å². The minimum Gasteiger partial charge on any atom is -0.310 e. The molecule has 1 aliphatic heterocycles. The second-order valence-electron chi connectivity index (χ2n) is 4.01. The molecule has 1 saturated heterocycles. The van der Waals surface area contributed by atoms with Crippen molar-refractivity contribution in [3.05, 3.63) is 32.9 Å². The van der Waals surface area contributed by atoms with Crippen LogP contribution in [-0.2, 0) is 0 Å². The van der Waals surface area contributed by atoms with Crippen LogP contribution in [0.3, 0.4) is 0 Å². The number of hydrogen-bond donors (Lipinski definition) is 1. The molecule has 1 aromatic rings. The van der Waals surface area contributed by atoms with Gasteiger partial charge in [0.05, 0.1) is 0 Å². The van der Waals surface area contributed by atoms with E-state index in [0.717, 1.165) is 0 Å². The van der Waals surface area contributed by atoms with Crippen LogP contribution >= 0.6 is 22.6 Å². The molecular weight excluding hydrogens is 285 g/mol. The first kappa shape index (κ1) is 10.4. The quantitative estimate of drug-likeness (QED) is 0.784. The molecule has 1 nitrogen and oxygen atoms in total. The van der Waals surface area contributed by atoms with E-state index in [-0.39, 0.29) is 0 Å². The molecule has 0 unspecified atom stereocenters. The average Bonchev–Trinajstić information content (AvgIpc) is 2.23. The smallest absolute Gasteiger partial charge is 0.0320 e. The summed E-state index contributed by atoms with van der Waals surface area (Å²) in [4.78, 5) is 0. The molecule has 0 bridgehead atoms. The van der Waals surface area contributed by atoms with E-state index < -0.39 is 0 Å². The van der Waals surface area contributed by atoms with Crippen LogP contribution in [-0.4, -0.2) is 6.54 Å². The SMILES string of the molecule is Cc1ccc([C@@H]2CCCCN2)cc1I. The van der Waals surface area contributed by atoms with E-state index in [1.54, 1.807) is 0 Å². The summed E-state index contributed by atoms with van der Waals surface area (Å²) < 4.78 is 1.38. The first-order valence-electron chi connectivity index (χ1n) is 5.27. The van der Waals surface area contributed by atoms with Crippen LogP contribution in [0.15, 0.2) is 18.2 Å². The number of hydrogen-bond acceptors (Lipinski definition) is 1. The Balaban J connectivity index is 2.18. The van der Waals surface area contributed by atoms with Gasteiger partial charge in [0.15, 0.2) is 0 Å². The molecule has 2 heteroatoms. The van der Waals surface area contributed by atoms with Gasteiger partial charge in [-0.15, -0.1) is 0 Å². The van der Waals surface area contributed by atoms with Gasteiger partial charge in [0.2, 0.25) is 0 Å². The Bertz CT molecular complexity index is 316. The number of piperidine rings is 1. The summed E-state index contributed by atoms with van der Waals surface area (Å²) in [5, 5.41) is 3.58. The zero-order chi connectivity index (χ0) is 9.97. The summed E-state index contributed by atoms with van der Waals surface area (Å²) in [5.74, 6) is 0. The molecule has 76 valence electrons. The fourth-order valence-corrected chi connectivity index (χ4v) is 2.50. The van der Waals surface area contributed by atoms with Gasteiger partial charge in [0.25, 0.3) is 0 Å². The van der Waals surface area contributed by atoms with Crippen LogP contribution in [0.5, 0.6) is 0 Å². The second kappa shape index (κ2) is 4.62. The summed E-state index contributed by atoms with van der Waals surface area (Å²) in [6, 6.07) is 7.41. The molecule has 1 fully saturated rings. The van der Waals surface area contributed by atoms with Gasteiger partial charge in [-0.3, -0.25) is 0 Å². The van der Waals surface area contributed by atoms with E-state index in [1.807, 2.05) is 0 Å². The summed E-state index contributed by atoms with van der Waals surface area (Å²) in [7, 11) is 0. The van der Waals surface area contributed by atoms with Crippen LogP contribution in [0.2, 0.25) is 0 Å². The zero-order valence-electron chi connectivity index (χ0n) is 8.52. The van der Waals surface area contributed by atoms with E-state index >= 15 is 0 Å². The van der Waals surface area contributed by atoms with E-state index in [2.05, 4.69) is 53.0 Å². The molecule has 0 saturated carbocycles. The molecule has 1 heterocycles. The highest BCUT2D eigenvalue weighted by Gasteiger charge is 2.14. The van der Waals surface area contributed by atoms with E-state index in [1.165, 1.54) is 40.5 Å². The van der Waals surface area contributed by atoms with Gasteiger partial charge in [-0.25, -0.2) is 0 Å². The Morgan fingerprint density at radius 2 is 2.21 bits per heavy atom. The minimum atomic E-state index is 0.595. The molecule has 2 rings (SSSR count). The van der Waals surface area contributed by atoms with Gasteiger partial charge < -0.3 is 5.32 Å². The highest BCUT2D eigenvalue weighted by Crippen LogP contribution is 2.25. The fourth-order valence-electron chi connectivity index (χ4n) is 1.96. The predicted molar refractivity (Wildman–Crippen MR) is 68.5 cm³/mol. The summed E-state index contributed by atoms with van der Waals surface area (Å²) in [5.41, 5.74) is 2.84. The Kier molecular flexibility index (Phi) is 3.44. The zero-order valence-corrected chi connectivity index (χ0v) is 10.7. The predicted octanol–water partition coefficient (Wildman–Crippen LogP) is 3.41. The van der Waals surface area contributed by atoms with Gasteiger partial charge in [-0.05, 0) is 66.1 Å². The Labute approximate surface area is 99.4 Å². The van der Waals surface area contributed by atoms with E-state index in [0.29, 0.717) is 6.04 Å². The van der Waals surface area contributed by atoms with Crippen molar-refractivity contribution in [1.29, 1.82) is 0 Å². The van der Waals surface area contributed by atoms with Crippen molar-refractivity contribution >= 4 is 22.6 Å². The molecule has 0 aromatic heterocycles. The maximum atomic E-state index is 3.58. The molecule has 14 heavy (non-hydrogen) atoms. The Morgan fingerprint density at radius 1 is 1.36 bits per heavy atom.